The minimum absolute atomic E-state index is 0.0179. The lowest BCUT2D eigenvalue weighted by molar-refractivity contribution is -0.158. The molecule has 0 rings (SSSR count). The highest BCUT2D eigenvalue weighted by atomic mass is 16.6. The van der Waals surface area contributed by atoms with Gasteiger partial charge in [-0.05, 0) is 53.4 Å². The molecule has 0 saturated carbocycles. The molecule has 0 aromatic heterocycles. The highest BCUT2D eigenvalue weighted by Gasteiger charge is 2.29. The van der Waals surface area contributed by atoms with Gasteiger partial charge in [0, 0.05) is 18.4 Å². The molecule has 0 aromatic rings. The predicted octanol–water partition coefficient (Wildman–Crippen LogP) is 3.87. The summed E-state index contributed by atoms with van der Waals surface area (Å²) in [5.41, 5.74) is -0.755. The molecular weight excluding hydrogens is 278 g/mol. The van der Waals surface area contributed by atoms with Gasteiger partial charge in [-0.25, -0.2) is 0 Å². The standard InChI is InChI=1S/C18H35NO3/c1-16(2,3)12-13(20)10-11-14(19-17(4,5)6)15(21)22-18(7,8)9/h14,19H,10-12H2,1-9H3. The molecule has 22 heavy (non-hydrogen) atoms. The number of carbonyl (C=O) groups is 2. The van der Waals surface area contributed by atoms with Crippen LogP contribution in [0, 0.1) is 5.41 Å². The van der Waals surface area contributed by atoms with Crippen molar-refractivity contribution in [3.63, 3.8) is 0 Å². The number of nitrogens with one attached hydrogen (secondary N) is 1. The highest BCUT2D eigenvalue weighted by molar-refractivity contribution is 5.81. The van der Waals surface area contributed by atoms with Gasteiger partial charge in [-0.15, -0.1) is 0 Å². The number of hydrogen-bond donors (Lipinski definition) is 1. The first-order chi connectivity index (χ1) is 9.59. The molecule has 1 N–H and O–H groups in total. The first-order valence-corrected chi connectivity index (χ1v) is 8.11. The summed E-state index contributed by atoms with van der Waals surface area (Å²) >= 11 is 0. The molecule has 1 unspecified atom stereocenters. The molecule has 0 radical (unpaired) electrons. The summed E-state index contributed by atoms with van der Waals surface area (Å²) in [6.07, 6.45) is 1.40. The summed E-state index contributed by atoms with van der Waals surface area (Å²) in [5.74, 6) is -0.0947. The van der Waals surface area contributed by atoms with Crippen LogP contribution in [0.1, 0.15) is 81.6 Å². The van der Waals surface area contributed by atoms with Gasteiger partial charge in [0.05, 0.1) is 0 Å². The minimum Gasteiger partial charge on any atom is -0.459 e. The monoisotopic (exact) mass is 313 g/mol. The lowest BCUT2D eigenvalue weighted by Crippen LogP contribution is -2.49. The van der Waals surface area contributed by atoms with Crippen LogP contribution < -0.4 is 5.32 Å². The van der Waals surface area contributed by atoms with Gasteiger partial charge >= 0.3 is 5.97 Å². The van der Waals surface area contributed by atoms with Crippen LogP contribution in [-0.2, 0) is 14.3 Å². The van der Waals surface area contributed by atoms with Gasteiger partial charge in [0.25, 0.3) is 0 Å². The predicted molar refractivity (Wildman–Crippen MR) is 90.8 cm³/mol. The second-order valence-corrected chi connectivity index (χ2v) is 9.30. The average molecular weight is 313 g/mol. The van der Waals surface area contributed by atoms with Crippen molar-refractivity contribution >= 4 is 11.8 Å². The summed E-state index contributed by atoms with van der Waals surface area (Å²) in [6, 6.07) is -0.455. The van der Waals surface area contributed by atoms with E-state index in [4.69, 9.17) is 4.74 Å². The van der Waals surface area contributed by atoms with Gasteiger partial charge in [0.2, 0.25) is 0 Å². The lowest BCUT2D eigenvalue weighted by Gasteiger charge is -2.30. The Morgan fingerprint density at radius 3 is 1.82 bits per heavy atom. The number of carbonyl (C=O) groups excluding carboxylic acids is 2. The Morgan fingerprint density at radius 1 is 0.955 bits per heavy atom. The van der Waals surface area contributed by atoms with Crippen molar-refractivity contribution in [1.82, 2.24) is 5.32 Å². The lowest BCUT2D eigenvalue weighted by atomic mass is 9.88. The van der Waals surface area contributed by atoms with E-state index in [0.29, 0.717) is 19.3 Å². The van der Waals surface area contributed by atoms with Crippen molar-refractivity contribution in [3.8, 4) is 0 Å². The molecule has 0 fully saturated rings. The molecule has 0 aliphatic rings. The smallest absolute Gasteiger partial charge is 0.323 e. The summed E-state index contributed by atoms with van der Waals surface area (Å²) < 4.78 is 5.47. The van der Waals surface area contributed by atoms with E-state index in [1.807, 2.05) is 62.3 Å². The van der Waals surface area contributed by atoms with Crippen molar-refractivity contribution in [2.24, 2.45) is 5.41 Å². The van der Waals surface area contributed by atoms with Crippen LogP contribution >= 0.6 is 0 Å². The zero-order valence-electron chi connectivity index (χ0n) is 15.9. The third kappa shape index (κ3) is 11.7. The molecule has 0 saturated heterocycles. The molecule has 130 valence electrons. The molecule has 0 spiro atoms. The van der Waals surface area contributed by atoms with E-state index in [1.54, 1.807) is 0 Å². The van der Waals surface area contributed by atoms with E-state index in [1.165, 1.54) is 0 Å². The van der Waals surface area contributed by atoms with Crippen molar-refractivity contribution in [1.29, 1.82) is 0 Å². The van der Waals surface area contributed by atoms with E-state index in [2.05, 4.69) is 5.32 Å². The summed E-state index contributed by atoms with van der Waals surface area (Å²) in [7, 11) is 0. The van der Waals surface area contributed by atoms with E-state index >= 15 is 0 Å². The van der Waals surface area contributed by atoms with Crippen molar-refractivity contribution in [2.45, 2.75) is 98.8 Å². The van der Waals surface area contributed by atoms with Gasteiger partial charge in [0.1, 0.15) is 17.4 Å². The molecule has 0 aromatic carbocycles. The number of esters is 1. The Morgan fingerprint density at radius 2 is 1.45 bits per heavy atom. The number of Topliss-reactive ketones (excluding diaryl/α,β-unsaturated/α-hetero) is 1. The number of rotatable bonds is 6. The Labute approximate surface area is 136 Å². The number of ether oxygens (including phenoxy) is 1. The third-order valence-electron chi connectivity index (χ3n) is 2.74. The summed E-state index contributed by atoms with van der Waals surface area (Å²) in [4.78, 5) is 24.4. The highest BCUT2D eigenvalue weighted by Crippen LogP contribution is 2.21. The van der Waals surface area contributed by atoms with E-state index in [9.17, 15) is 9.59 Å². The molecule has 0 aliphatic carbocycles. The quantitative estimate of drug-likeness (QED) is 0.756. The minimum atomic E-state index is -0.523. The van der Waals surface area contributed by atoms with Crippen LogP contribution in [0.25, 0.3) is 0 Å². The van der Waals surface area contributed by atoms with Gasteiger partial charge in [-0.1, -0.05) is 20.8 Å². The van der Waals surface area contributed by atoms with Crippen LogP contribution in [0.2, 0.25) is 0 Å². The fourth-order valence-electron chi connectivity index (χ4n) is 2.13. The fourth-order valence-corrected chi connectivity index (χ4v) is 2.13. The number of hydrogen-bond acceptors (Lipinski definition) is 4. The van der Waals surface area contributed by atoms with Crippen LogP contribution in [0.15, 0.2) is 0 Å². The zero-order valence-corrected chi connectivity index (χ0v) is 15.9. The SMILES string of the molecule is CC(C)(C)CC(=O)CCC(NC(C)(C)C)C(=O)OC(C)(C)C. The maximum atomic E-state index is 12.3. The Bertz CT molecular complexity index is 381. The Hall–Kier alpha value is -0.900. The largest absolute Gasteiger partial charge is 0.459 e. The average Bonchev–Trinajstić information content (AvgIpc) is 2.17. The van der Waals surface area contributed by atoms with Crippen LogP contribution in [0.3, 0.4) is 0 Å². The normalized spacial score (nSPS) is 14.6. The third-order valence-corrected chi connectivity index (χ3v) is 2.74. The van der Waals surface area contributed by atoms with Gasteiger partial charge in [-0.3, -0.25) is 14.9 Å². The molecule has 0 aliphatic heterocycles. The second-order valence-electron chi connectivity index (χ2n) is 9.30. The Kier molecular flexibility index (Phi) is 7.27. The van der Waals surface area contributed by atoms with Gasteiger partial charge < -0.3 is 4.74 Å². The summed E-state index contributed by atoms with van der Waals surface area (Å²) in [5, 5.41) is 3.27. The van der Waals surface area contributed by atoms with E-state index in [-0.39, 0.29) is 22.7 Å². The van der Waals surface area contributed by atoms with E-state index < -0.39 is 11.6 Å². The molecule has 1 atom stereocenters. The maximum absolute atomic E-state index is 12.3. The van der Waals surface area contributed by atoms with Crippen LogP contribution in [0.5, 0.6) is 0 Å². The first-order valence-electron chi connectivity index (χ1n) is 8.11. The van der Waals surface area contributed by atoms with Crippen molar-refractivity contribution < 1.29 is 14.3 Å². The molecule has 4 heteroatoms. The van der Waals surface area contributed by atoms with Crippen LogP contribution in [0.4, 0.5) is 0 Å². The van der Waals surface area contributed by atoms with Crippen molar-refractivity contribution in [2.75, 3.05) is 0 Å². The van der Waals surface area contributed by atoms with Gasteiger partial charge in [0.15, 0.2) is 0 Å². The topological polar surface area (TPSA) is 55.4 Å². The molecule has 0 amide bonds. The fraction of sp³-hybridized carbons (Fsp3) is 0.889. The molecule has 0 bridgehead atoms. The van der Waals surface area contributed by atoms with Crippen LogP contribution in [-0.4, -0.2) is 28.9 Å². The first kappa shape index (κ1) is 21.1. The maximum Gasteiger partial charge on any atom is 0.323 e. The molecule has 4 nitrogen and oxygen atoms in total. The molecule has 0 heterocycles. The Balaban J connectivity index is 4.75. The molecular formula is C18H35NO3. The van der Waals surface area contributed by atoms with Crippen molar-refractivity contribution in [3.05, 3.63) is 0 Å². The summed E-state index contributed by atoms with van der Waals surface area (Å²) in [6.45, 7) is 17.7. The van der Waals surface area contributed by atoms with Gasteiger partial charge in [-0.2, -0.15) is 0 Å². The van der Waals surface area contributed by atoms with E-state index in [0.717, 1.165) is 0 Å². The second kappa shape index (κ2) is 7.58. The number of ketones is 1. The zero-order chi connectivity index (χ0) is 17.8.